The number of carbonyl (C=O) groups is 1. The van der Waals surface area contributed by atoms with Crippen molar-refractivity contribution in [2.75, 3.05) is 11.1 Å². The summed E-state index contributed by atoms with van der Waals surface area (Å²) in [4.78, 5) is 12.3. The van der Waals surface area contributed by atoms with Gasteiger partial charge in [-0.2, -0.15) is 5.10 Å². The first-order valence-corrected chi connectivity index (χ1v) is 8.19. The maximum atomic E-state index is 12.3. The van der Waals surface area contributed by atoms with Gasteiger partial charge in [0, 0.05) is 41.7 Å². The summed E-state index contributed by atoms with van der Waals surface area (Å²) in [5.74, 6) is -0.134. The first-order valence-electron chi connectivity index (χ1n) is 8.19. The lowest BCUT2D eigenvalue weighted by Crippen LogP contribution is -2.11. The fourth-order valence-electron chi connectivity index (χ4n) is 2.82. The van der Waals surface area contributed by atoms with Gasteiger partial charge in [-0.05, 0) is 55.8 Å². The molecule has 0 aliphatic rings. The third kappa shape index (κ3) is 3.71. The molecule has 0 saturated heterocycles. The van der Waals surface area contributed by atoms with Gasteiger partial charge >= 0.3 is 0 Å². The average Bonchev–Trinajstić information content (AvgIpc) is 2.84. The number of carbonyl (C=O) groups excluding carboxylic acids is 1. The van der Waals surface area contributed by atoms with Gasteiger partial charge in [-0.3, -0.25) is 9.48 Å². The molecule has 0 saturated carbocycles. The quantitative estimate of drug-likeness (QED) is 0.718. The van der Waals surface area contributed by atoms with Crippen LogP contribution in [0.1, 0.15) is 32.9 Å². The topological polar surface area (TPSA) is 72.9 Å². The Bertz CT molecular complexity index is 893. The molecule has 1 amide bonds. The van der Waals surface area contributed by atoms with Crippen molar-refractivity contribution in [3.63, 3.8) is 0 Å². The minimum absolute atomic E-state index is 0.134. The van der Waals surface area contributed by atoms with Crippen molar-refractivity contribution < 1.29 is 4.79 Å². The summed E-state index contributed by atoms with van der Waals surface area (Å²) >= 11 is 0. The van der Waals surface area contributed by atoms with Crippen molar-refractivity contribution in [1.29, 1.82) is 0 Å². The highest BCUT2D eigenvalue weighted by atomic mass is 16.1. The Hall–Kier alpha value is -3.08. The Labute approximate surface area is 147 Å². The monoisotopic (exact) mass is 334 g/mol. The fourth-order valence-corrected chi connectivity index (χ4v) is 2.82. The van der Waals surface area contributed by atoms with E-state index in [4.69, 9.17) is 5.73 Å². The molecule has 3 rings (SSSR count). The number of hydrogen-bond acceptors (Lipinski definition) is 3. The lowest BCUT2D eigenvalue weighted by molar-refractivity contribution is 0.102. The average molecular weight is 334 g/mol. The van der Waals surface area contributed by atoms with E-state index in [-0.39, 0.29) is 5.91 Å². The zero-order valence-corrected chi connectivity index (χ0v) is 14.7. The molecule has 2 aromatic carbocycles. The number of nitrogens with two attached hydrogens (primary N) is 1. The van der Waals surface area contributed by atoms with Gasteiger partial charge in [-0.1, -0.05) is 12.1 Å². The lowest BCUT2D eigenvalue weighted by Gasteiger charge is -2.07. The van der Waals surface area contributed by atoms with Crippen LogP contribution in [0.4, 0.5) is 11.4 Å². The lowest BCUT2D eigenvalue weighted by atomic mass is 10.0. The number of aromatic nitrogens is 2. The molecule has 3 aromatic rings. The van der Waals surface area contributed by atoms with E-state index in [1.54, 1.807) is 24.3 Å². The molecule has 0 unspecified atom stereocenters. The van der Waals surface area contributed by atoms with Gasteiger partial charge in [0.15, 0.2) is 0 Å². The van der Waals surface area contributed by atoms with Crippen LogP contribution in [0.5, 0.6) is 0 Å². The van der Waals surface area contributed by atoms with E-state index in [2.05, 4.69) is 17.3 Å². The molecular weight excluding hydrogens is 312 g/mol. The van der Waals surface area contributed by atoms with Crippen molar-refractivity contribution >= 4 is 17.3 Å². The summed E-state index contributed by atoms with van der Waals surface area (Å²) < 4.78 is 1.90. The van der Waals surface area contributed by atoms with E-state index < -0.39 is 0 Å². The summed E-state index contributed by atoms with van der Waals surface area (Å²) in [6, 6.07) is 14.8. The van der Waals surface area contributed by atoms with Crippen LogP contribution in [0.3, 0.4) is 0 Å². The predicted molar refractivity (Wildman–Crippen MR) is 101 cm³/mol. The second-order valence-corrected chi connectivity index (χ2v) is 6.22. The third-order valence-electron chi connectivity index (χ3n) is 4.42. The Morgan fingerprint density at radius 2 is 1.72 bits per heavy atom. The second-order valence-electron chi connectivity index (χ2n) is 6.22. The van der Waals surface area contributed by atoms with Gasteiger partial charge in [0.25, 0.3) is 5.91 Å². The summed E-state index contributed by atoms with van der Waals surface area (Å²) in [6.07, 6.45) is 0.811. The van der Waals surface area contributed by atoms with E-state index in [0.29, 0.717) is 11.3 Å². The van der Waals surface area contributed by atoms with Crippen LogP contribution in [-0.4, -0.2) is 15.7 Å². The van der Waals surface area contributed by atoms with E-state index >= 15 is 0 Å². The normalized spacial score (nSPS) is 10.7. The molecule has 0 radical (unpaired) electrons. The summed E-state index contributed by atoms with van der Waals surface area (Å²) in [6.45, 7) is 4.10. The minimum atomic E-state index is -0.134. The molecule has 128 valence electrons. The van der Waals surface area contributed by atoms with Crippen LogP contribution in [0, 0.1) is 13.8 Å². The van der Waals surface area contributed by atoms with Crippen LogP contribution in [0.15, 0.2) is 48.5 Å². The van der Waals surface area contributed by atoms with Crippen molar-refractivity contribution in [2.45, 2.75) is 20.3 Å². The number of amides is 1. The highest BCUT2D eigenvalue weighted by Gasteiger charge is 2.11. The number of nitrogens with zero attached hydrogens (tertiary/aromatic N) is 2. The van der Waals surface area contributed by atoms with Gasteiger partial charge in [0.1, 0.15) is 0 Å². The van der Waals surface area contributed by atoms with E-state index in [1.807, 2.05) is 42.9 Å². The van der Waals surface area contributed by atoms with Crippen molar-refractivity contribution in [3.05, 3.63) is 76.6 Å². The molecule has 5 heteroatoms. The van der Waals surface area contributed by atoms with E-state index in [9.17, 15) is 4.79 Å². The van der Waals surface area contributed by atoms with Gasteiger partial charge in [0.05, 0.1) is 5.69 Å². The van der Waals surface area contributed by atoms with E-state index in [1.165, 1.54) is 11.3 Å². The van der Waals surface area contributed by atoms with Crippen molar-refractivity contribution in [2.24, 2.45) is 7.05 Å². The number of benzene rings is 2. The SMILES string of the molecule is Cc1nn(C)c(C)c1Cc1ccc(C(=O)Nc2ccc(N)cc2)cc1. The highest BCUT2D eigenvalue weighted by molar-refractivity contribution is 6.04. The molecule has 5 nitrogen and oxygen atoms in total. The zero-order valence-electron chi connectivity index (χ0n) is 14.7. The maximum Gasteiger partial charge on any atom is 0.255 e. The Kier molecular flexibility index (Phi) is 4.57. The predicted octanol–water partition coefficient (Wildman–Crippen LogP) is 3.46. The molecule has 0 aliphatic heterocycles. The summed E-state index contributed by atoms with van der Waals surface area (Å²) in [5, 5.41) is 7.32. The first-order chi connectivity index (χ1) is 11.9. The molecule has 1 heterocycles. The second kappa shape index (κ2) is 6.81. The Morgan fingerprint density at radius 1 is 1.08 bits per heavy atom. The molecular formula is C20H22N4O. The molecule has 0 aliphatic carbocycles. The number of hydrogen-bond donors (Lipinski definition) is 2. The number of rotatable bonds is 4. The zero-order chi connectivity index (χ0) is 18.0. The molecule has 0 spiro atoms. The van der Waals surface area contributed by atoms with Gasteiger partial charge in [-0.15, -0.1) is 0 Å². The molecule has 0 atom stereocenters. The Morgan fingerprint density at radius 3 is 2.28 bits per heavy atom. The number of aryl methyl sites for hydroxylation is 2. The largest absolute Gasteiger partial charge is 0.399 e. The van der Waals surface area contributed by atoms with Gasteiger partial charge in [0.2, 0.25) is 0 Å². The van der Waals surface area contributed by atoms with E-state index in [0.717, 1.165) is 23.4 Å². The Balaban J connectivity index is 1.71. The van der Waals surface area contributed by atoms with Crippen LogP contribution >= 0.6 is 0 Å². The summed E-state index contributed by atoms with van der Waals surface area (Å²) in [7, 11) is 1.95. The number of nitrogen functional groups attached to an aromatic ring is 1. The molecule has 25 heavy (non-hydrogen) atoms. The molecule has 0 fully saturated rings. The molecule has 0 bridgehead atoms. The standard InChI is InChI=1S/C20H22N4O/c1-13-19(14(2)24(3)23-13)12-15-4-6-16(7-5-15)20(25)22-18-10-8-17(21)9-11-18/h4-11H,12,21H2,1-3H3,(H,22,25). The smallest absolute Gasteiger partial charge is 0.255 e. The maximum absolute atomic E-state index is 12.3. The fraction of sp³-hybridized carbons (Fsp3) is 0.200. The highest BCUT2D eigenvalue weighted by Crippen LogP contribution is 2.18. The molecule has 3 N–H and O–H groups in total. The van der Waals surface area contributed by atoms with Crippen LogP contribution < -0.4 is 11.1 Å². The van der Waals surface area contributed by atoms with Gasteiger partial charge in [-0.25, -0.2) is 0 Å². The van der Waals surface area contributed by atoms with Crippen LogP contribution in [-0.2, 0) is 13.5 Å². The summed E-state index contributed by atoms with van der Waals surface area (Å²) in [5.41, 5.74) is 12.3. The van der Waals surface area contributed by atoms with Crippen LogP contribution in [0.2, 0.25) is 0 Å². The minimum Gasteiger partial charge on any atom is -0.399 e. The van der Waals surface area contributed by atoms with Crippen molar-refractivity contribution in [3.8, 4) is 0 Å². The first kappa shape index (κ1) is 16.8. The van der Waals surface area contributed by atoms with Crippen LogP contribution in [0.25, 0.3) is 0 Å². The van der Waals surface area contributed by atoms with Crippen molar-refractivity contribution in [1.82, 2.24) is 9.78 Å². The molecule has 1 aromatic heterocycles. The number of nitrogens with one attached hydrogen (secondary N) is 1. The third-order valence-corrected chi connectivity index (χ3v) is 4.42. The van der Waals surface area contributed by atoms with Gasteiger partial charge < -0.3 is 11.1 Å². The number of anilines is 2.